The van der Waals surface area contributed by atoms with Crippen LogP contribution in [0.4, 0.5) is 37.2 Å². The van der Waals surface area contributed by atoms with Crippen LogP contribution in [0.2, 0.25) is 0 Å². The number of hydrogen-bond donors (Lipinski definition) is 10. The predicted octanol–water partition coefficient (Wildman–Crippen LogP) is 18.4. The average Bonchev–Trinajstić information content (AvgIpc) is 0.793. The molecule has 6 aromatic carbocycles. The van der Waals surface area contributed by atoms with Crippen LogP contribution in [0.3, 0.4) is 0 Å². The van der Waals surface area contributed by atoms with Crippen LogP contribution in [0, 0.1) is 6.92 Å². The van der Waals surface area contributed by atoms with E-state index in [-0.39, 0.29) is 85.3 Å². The summed E-state index contributed by atoms with van der Waals surface area (Å²) >= 11 is 0.400. The predicted molar refractivity (Wildman–Crippen MR) is 495 cm³/mol. The van der Waals surface area contributed by atoms with E-state index in [0.717, 1.165) is 72.3 Å². The molecule has 10 aromatic heterocycles. The Morgan fingerprint density at radius 3 is 0.914 bits per heavy atom. The van der Waals surface area contributed by atoms with Crippen molar-refractivity contribution in [3.8, 4) is 72.5 Å². The fourth-order valence-corrected chi connectivity index (χ4v) is 12.9. The first kappa shape index (κ1) is 90.4. The fourth-order valence-electron chi connectivity index (χ4n) is 12.4. The van der Waals surface area contributed by atoms with Crippen molar-refractivity contribution >= 4 is 69.7 Å². The molecule has 26 nitrogen and oxygen atoms in total. The monoisotopic (exact) mass is 1730 g/mol. The minimum absolute atomic E-state index is 0.0189. The topological polar surface area (TPSA) is 383 Å². The molecule has 0 radical (unpaired) electrons. The molecule has 0 saturated heterocycles. The molecule has 640 valence electrons. The number of nitrogens with one attached hydrogen (secondary N) is 10. The van der Waals surface area contributed by atoms with Gasteiger partial charge in [-0.1, -0.05) is 111 Å². The maximum Gasteiger partial charge on any atom is 0.288 e. The lowest BCUT2D eigenvalue weighted by Gasteiger charge is -2.19. The van der Waals surface area contributed by atoms with Gasteiger partial charge in [-0.2, -0.15) is 8.78 Å². The number of thioether (sulfide) groups is 1. The Labute approximate surface area is 735 Å². The zero-order valence-corrected chi connectivity index (χ0v) is 70.2. The lowest BCUT2D eigenvalue weighted by Crippen LogP contribution is -2.20. The highest BCUT2D eigenvalue weighted by Crippen LogP contribution is 2.30. The minimum Gasteiger partial charge on any atom is -0.494 e. The normalized spacial score (nSPS) is 10.6. The number of aromatic amines is 5. The average molecular weight is 1730 g/mol. The Hall–Kier alpha value is -16.8. The number of ether oxygens (including phenoxy) is 1. The van der Waals surface area contributed by atoms with Gasteiger partial charge < -0.3 is 56.2 Å². The molecule has 0 aliphatic heterocycles. The van der Waals surface area contributed by atoms with Gasteiger partial charge in [-0.15, -0.1) is 0 Å². The standard InChI is InChI=1S/C23H17N3O2.C21H21N3O2.C19H17N3O3.C18H13F2N3O2S.C18H15N3O2/c27-22(19-8-6-17(7-9-19)16-4-2-1-3-5-16)26-21-14-20(15-25-23(21)28)18-10-12-24-13-11-18;1-21(2,3)17-6-4-15(5-7-17)19(25)24-18-12-16(13-23-20(18)26)14-8-10-22-11-9-14;1-2-25-16-5-3-4-14(10-16)18(23)22-17-11-15(12-21-19(17)24)13-6-8-20-9-7-13;19-18(20)26-14-3-1-12(2-4-14)16(24)23-15-9-13(10-22-17(15)25)11-5-7-21-8-6-11;1-12-3-2-4-14(9-12)17(22)21-16-10-15(11-20-18(16)23)13-5-7-19-8-6-13/h1-15H,(H,25,28)(H,26,27);4-13H,1-3H3,(H,23,26)(H,24,25);3-12H,2H2,1H3,(H,21,24)(H,22,23);1-10,18H,(H,22,25)(H,23,24);2-11H,1H3,(H,20,23)(H,21,22). The smallest absolute Gasteiger partial charge is 0.288 e. The van der Waals surface area contributed by atoms with Gasteiger partial charge >= 0.3 is 0 Å². The van der Waals surface area contributed by atoms with E-state index >= 15 is 0 Å². The number of anilines is 5. The third-order valence-electron chi connectivity index (χ3n) is 19.1. The van der Waals surface area contributed by atoms with E-state index in [1.54, 1.807) is 196 Å². The second-order valence-corrected chi connectivity index (χ2v) is 30.2. The number of hydrogen-bond acceptors (Lipinski definition) is 17. The van der Waals surface area contributed by atoms with Crippen molar-refractivity contribution in [2.75, 3.05) is 33.2 Å². The van der Waals surface area contributed by atoms with Crippen LogP contribution in [0.15, 0.2) is 364 Å². The number of H-pyrrole nitrogens is 5. The molecule has 16 aromatic rings. The van der Waals surface area contributed by atoms with Crippen LogP contribution >= 0.6 is 11.8 Å². The summed E-state index contributed by atoms with van der Waals surface area (Å²) in [7, 11) is 0. The highest BCUT2D eigenvalue weighted by atomic mass is 32.2. The Balaban J connectivity index is 0.000000145. The molecule has 29 heteroatoms. The highest BCUT2D eigenvalue weighted by molar-refractivity contribution is 7.99. The van der Waals surface area contributed by atoms with Gasteiger partial charge in [0.25, 0.3) is 63.1 Å². The van der Waals surface area contributed by atoms with Crippen molar-refractivity contribution in [2.45, 2.75) is 50.7 Å². The quantitative estimate of drug-likeness (QED) is 0.0317. The number of halogens is 2. The molecule has 10 heterocycles. The second kappa shape index (κ2) is 43.8. The van der Waals surface area contributed by atoms with Crippen molar-refractivity contribution in [1.29, 1.82) is 0 Å². The van der Waals surface area contributed by atoms with Crippen molar-refractivity contribution in [3.63, 3.8) is 0 Å². The summed E-state index contributed by atoms with van der Waals surface area (Å²) in [5.74, 6) is -3.76. The molecule has 0 aliphatic carbocycles. The SMILES string of the molecule is CC(C)(C)c1ccc(C(=O)Nc2cc(-c3ccncc3)c[nH]c2=O)cc1.CCOc1cccc(C(=O)Nc2cc(-c3ccncc3)c[nH]c2=O)c1.Cc1cccc(C(=O)Nc2cc(-c3ccncc3)c[nH]c2=O)c1.O=C(Nc1cc(-c2ccncc2)c[nH]c1=O)c1ccc(-c2ccccc2)cc1.O=C(Nc1cc(-c2ccncc2)c[nH]c1=O)c1ccc(SC(F)F)cc1. The summed E-state index contributed by atoms with van der Waals surface area (Å²) in [6.45, 7) is 10.6. The molecular formula is C99H83F2N15O11S. The molecule has 0 atom stereocenters. The van der Waals surface area contributed by atoms with Crippen LogP contribution in [-0.2, 0) is 5.41 Å². The minimum atomic E-state index is -2.52. The lowest BCUT2D eigenvalue weighted by atomic mass is 9.87. The maximum absolute atomic E-state index is 12.6. The largest absolute Gasteiger partial charge is 0.494 e. The van der Waals surface area contributed by atoms with E-state index < -0.39 is 17.2 Å². The van der Waals surface area contributed by atoms with E-state index in [0.29, 0.717) is 56.8 Å². The van der Waals surface area contributed by atoms with Crippen LogP contribution < -0.4 is 59.1 Å². The number of carbonyl (C=O) groups is 5. The molecular weight excluding hydrogens is 1650 g/mol. The van der Waals surface area contributed by atoms with Gasteiger partial charge in [0.15, 0.2) is 0 Å². The van der Waals surface area contributed by atoms with E-state index in [1.807, 2.05) is 129 Å². The van der Waals surface area contributed by atoms with Crippen LogP contribution in [0.1, 0.15) is 90.6 Å². The lowest BCUT2D eigenvalue weighted by molar-refractivity contribution is 0.101. The van der Waals surface area contributed by atoms with Crippen LogP contribution in [0.5, 0.6) is 5.75 Å². The van der Waals surface area contributed by atoms with E-state index in [4.69, 9.17) is 4.74 Å². The number of alkyl halides is 2. The summed E-state index contributed by atoms with van der Waals surface area (Å²) in [6, 6.07) is 70.8. The van der Waals surface area contributed by atoms with Gasteiger partial charge in [-0.05, 0) is 234 Å². The van der Waals surface area contributed by atoms with Gasteiger partial charge in [-0.3, -0.25) is 72.9 Å². The third-order valence-corrected chi connectivity index (χ3v) is 19.8. The number of pyridine rings is 10. The molecule has 0 spiro atoms. The Kier molecular flexibility index (Phi) is 30.9. The first-order chi connectivity index (χ1) is 61.9. The molecule has 128 heavy (non-hydrogen) atoms. The van der Waals surface area contributed by atoms with Gasteiger partial charge in [0.05, 0.1) is 6.61 Å². The molecule has 0 fully saturated rings. The summed E-state index contributed by atoms with van der Waals surface area (Å²) in [5, 5.41) is 13.3. The van der Waals surface area contributed by atoms with Gasteiger partial charge in [0.2, 0.25) is 0 Å². The van der Waals surface area contributed by atoms with Gasteiger partial charge in [-0.25, -0.2) is 0 Å². The molecule has 0 saturated carbocycles. The van der Waals surface area contributed by atoms with Crippen molar-refractivity contribution in [2.24, 2.45) is 0 Å². The van der Waals surface area contributed by atoms with Crippen molar-refractivity contribution in [1.82, 2.24) is 49.8 Å². The number of nitrogens with zero attached hydrogens (tertiary/aromatic N) is 5. The number of carbonyl (C=O) groups excluding carboxylic acids is 5. The number of rotatable bonds is 20. The summed E-state index contributed by atoms with van der Waals surface area (Å²) in [6.07, 6.45) is 24.6. The fraction of sp³-hybridized carbons (Fsp3) is 0.0808. The summed E-state index contributed by atoms with van der Waals surface area (Å²) in [4.78, 5) is 156. The number of aryl methyl sites for hydroxylation is 1. The third kappa shape index (κ3) is 25.7. The molecule has 0 unspecified atom stereocenters. The Morgan fingerprint density at radius 2 is 0.609 bits per heavy atom. The van der Waals surface area contributed by atoms with Crippen LogP contribution in [0.25, 0.3) is 66.8 Å². The van der Waals surface area contributed by atoms with Gasteiger partial charge in [0.1, 0.15) is 34.2 Å². The van der Waals surface area contributed by atoms with E-state index in [2.05, 4.69) is 97.2 Å². The summed E-state index contributed by atoms with van der Waals surface area (Å²) < 4.78 is 30.1. The highest BCUT2D eigenvalue weighted by Gasteiger charge is 2.19. The second-order valence-electron chi connectivity index (χ2n) is 29.1. The molecule has 10 N–H and O–H groups in total. The Bertz CT molecular complexity index is 6840. The zero-order valence-electron chi connectivity index (χ0n) is 69.4. The van der Waals surface area contributed by atoms with E-state index in [9.17, 15) is 56.7 Å². The van der Waals surface area contributed by atoms with Crippen molar-refractivity contribution in [3.05, 3.63) is 426 Å². The molecule has 5 amide bonds. The first-order valence-corrected chi connectivity index (χ1v) is 40.6. The zero-order chi connectivity index (χ0) is 90.5. The Morgan fingerprint density at radius 1 is 0.328 bits per heavy atom. The first-order valence-electron chi connectivity index (χ1n) is 39.7. The number of aromatic nitrogens is 10. The van der Waals surface area contributed by atoms with Crippen LogP contribution in [-0.4, -0.2) is 91.7 Å². The van der Waals surface area contributed by atoms with E-state index in [1.165, 1.54) is 24.3 Å². The number of benzene rings is 6. The van der Waals surface area contributed by atoms with Gasteiger partial charge in [0, 0.05) is 153 Å². The molecule has 16 rings (SSSR count). The maximum atomic E-state index is 12.6. The molecule has 0 bridgehead atoms. The summed E-state index contributed by atoms with van der Waals surface area (Å²) in [5.41, 5.74) is 13.8. The van der Waals surface area contributed by atoms with Crippen molar-refractivity contribution < 1.29 is 37.5 Å². The molecule has 0 aliphatic rings. The number of amides is 5.